The molecule has 5 heteroatoms. The molecule has 0 saturated heterocycles. The highest BCUT2D eigenvalue weighted by Gasteiger charge is 2.19. The summed E-state index contributed by atoms with van der Waals surface area (Å²) in [5.41, 5.74) is 4.25. The smallest absolute Gasteiger partial charge is 0.243 e. The van der Waals surface area contributed by atoms with Crippen LogP contribution in [0.3, 0.4) is 0 Å². The number of hydrogen-bond donors (Lipinski definition) is 1. The van der Waals surface area contributed by atoms with E-state index in [1.54, 1.807) is 18.2 Å². The van der Waals surface area contributed by atoms with Gasteiger partial charge >= 0.3 is 0 Å². The summed E-state index contributed by atoms with van der Waals surface area (Å²) in [5, 5.41) is 3.87. The second-order valence-electron chi connectivity index (χ2n) is 5.83. The molecule has 0 bridgehead atoms. The van der Waals surface area contributed by atoms with E-state index in [2.05, 4.69) is 35.3 Å². The van der Waals surface area contributed by atoms with Crippen LogP contribution < -0.4 is 10.2 Å². The van der Waals surface area contributed by atoms with Gasteiger partial charge in [-0.3, -0.25) is 4.79 Å². The van der Waals surface area contributed by atoms with Crippen molar-refractivity contribution in [3.8, 4) is 0 Å². The fourth-order valence-electron chi connectivity index (χ4n) is 2.92. The van der Waals surface area contributed by atoms with E-state index in [9.17, 15) is 4.79 Å². The van der Waals surface area contributed by atoms with Crippen LogP contribution in [0.25, 0.3) is 0 Å². The first-order valence-electron chi connectivity index (χ1n) is 7.62. The Labute approximate surface area is 146 Å². The van der Waals surface area contributed by atoms with Crippen LogP contribution in [-0.4, -0.2) is 19.0 Å². The molecule has 1 amide bonds. The van der Waals surface area contributed by atoms with Gasteiger partial charge in [-0.2, -0.15) is 0 Å². The number of amides is 1. The Balaban J connectivity index is 1.73. The van der Waals surface area contributed by atoms with Crippen molar-refractivity contribution in [2.24, 2.45) is 0 Å². The van der Waals surface area contributed by atoms with E-state index < -0.39 is 0 Å². The summed E-state index contributed by atoms with van der Waals surface area (Å²) in [4.78, 5) is 14.5. The van der Waals surface area contributed by atoms with Crippen LogP contribution in [0, 0.1) is 6.92 Å². The summed E-state index contributed by atoms with van der Waals surface area (Å²) < 4.78 is 0. The Morgan fingerprint density at radius 1 is 1.22 bits per heavy atom. The van der Waals surface area contributed by atoms with Gasteiger partial charge in [0.1, 0.15) is 0 Å². The van der Waals surface area contributed by atoms with E-state index in [4.69, 9.17) is 23.2 Å². The lowest BCUT2D eigenvalue weighted by Gasteiger charge is -2.31. The van der Waals surface area contributed by atoms with Crippen LogP contribution in [0.2, 0.25) is 10.0 Å². The molecule has 1 N–H and O–H groups in total. The number of halogens is 2. The second kappa shape index (κ2) is 6.81. The summed E-state index contributed by atoms with van der Waals surface area (Å²) in [6, 6.07) is 11.4. The van der Waals surface area contributed by atoms with E-state index >= 15 is 0 Å². The third-order valence-electron chi connectivity index (χ3n) is 3.99. The topological polar surface area (TPSA) is 32.3 Å². The minimum atomic E-state index is -0.0948. The third-order valence-corrected chi connectivity index (χ3v) is 4.55. The molecular formula is C18H18Cl2N2O. The summed E-state index contributed by atoms with van der Waals surface area (Å²) in [5.74, 6) is -0.0948. The van der Waals surface area contributed by atoms with Crippen molar-refractivity contribution in [3.05, 3.63) is 57.6 Å². The maximum atomic E-state index is 12.4. The zero-order valence-corrected chi connectivity index (χ0v) is 14.4. The van der Waals surface area contributed by atoms with Crippen molar-refractivity contribution in [3.63, 3.8) is 0 Å². The van der Waals surface area contributed by atoms with Crippen molar-refractivity contribution in [1.82, 2.24) is 0 Å². The van der Waals surface area contributed by atoms with Gasteiger partial charge in [-0.05, 0) is 49.6 Å². The van der Waals surface area contributed by atoms with Gasteiger partial charge in [0.15, 0.2) is 0 Å². The first kappa shape index (κ1) is 16.2. The quantitative estimate of drug-likeness (QED) is 0.872. The zero-order chi connectivity index (χ0) is 16.4. The summed E-state index contributed by atoms with van der Waals surface area (Å²) in [7, 11) is 0. The van der Waals surface area contributed by atoms with Crippen LogP contribution in [0.4, 0.5) is 11.4 Å². The standard InChI is InChI=1S/C18H18Cl2N2O/c1-12-4-7-17-13(9-12)3-2-8-22(17)11-18(23)21-16-10-14(19)5-6-15(16)20/h4-7,9-10H,2-3,8,11H2,1H3,(H,21,23). The van der Waals surface area contributed by atoms with Crippen molar-refractivity contribution >= 4 is 40.5 Å². The number of fused-ring (bicyclic) bond motifs is 1. The maximum Gasteiger partial charge on any atom is 0.243 e. The number of benzene rings is 2. The third kappa shape index (κ3) is 3.80. The summed E-state index contributed by atoms with van der Waals surface area (Å²) in [6.45, 7) is 3.28. The predicted octanol–water partition coefficient (Wildman–Crippen LogP) is 4.69. The van der Waals surface area contributed by atoms with Gasteiger partial charge in [0.05, 0.1) is 17.3 Å². The lowest BCUT2D eigenvalue weighted by atomic mass is 9.99. The lowest BCUT2D eigenvalue weighted by molar-refractivity contribution is -0.115. The van der Waals surface area contributed by atoms with Crippen molar-refractivity contribution in [2.75, 3.05) is 23.3 Å². The fourth-order valence-corrected chi connectivity index (χ4v) is 3.26. The summed E-state index contributed by atoms with van der Waals surface area (Å²) in [6.07, 6.45) is 2.12. The van der Waals surface area contributed by atoms with E-state index in [0.29, 0.717) is 22.3 Å². The molecule has 0 radical (unpaired) electrons. The van der Waals surface area contributed by atoms with Gasteiger partial charge in [0.2, 0.25) is 5.91 Å². The zero-order valence-electron chi connectivity index (χ0n) is 12.9. The Hall–Kier alpha value is -1.71. The molecule has 2 aromatic rings. The Morgan fingerprint density at radius 2 is 2.04 bits per heavy atom. The first-order chi connectivity index (χ1) is 11.0. The number of nitrogens with one attached hydrogen (secondary N) is 1. The second-order valence-corrected chi connectivity index (χ2v) is 6.67. The van der Waals surface area contributed by atoms with Gasteiger partial charge in [0.25, 0.3) is 0 Å². The fraction of sp³-hybridized carbons (Fsp3) is 0.278. The minimum absolute atomic E-state index is 0.0948. The van der Waals surface area contributed by atoms with E-state index in [1.165, 1.54) is 11.1 Å². The number of aryl methyl sites for hydroxylation is 2. The Bertz CT molecular complexity index is 746. The van der Waals surface area contributed by atoms with E-state index in [1.807, 2.05) is 0 Å². The minimum Gasteiger partial charge on any atom is -0.362 e. The Kier molecular flexibility index (Phi) is 4.79. The van der Waals surface area contributed by atoms with Gasteiger partial charge in [-0.15, -0.1) is 0 Å². The van der Waals surface area contributed by atoms with Crippen LogP contribution >= 0.6 is 23.2 Å². The number of carbonyl (C=O) groups is 1. The molecular weight excluding hydrogens is 331 g/mol. The number of rotatable bonds is 3. The highest BCUT2D eigenvalue weighted by Crippen LogP contribution is 2.28. The normalized spacial score (nSPS) is 13.6. The average molecular weight is 349 g/mol. The molecule has 0 aliphatic carbocycles. The van der Waals surface area contributed by atoms with Crippen molar-refractivity contribution in [2.45, 2.75) is 19.8 Å². The number of anilines is 2. The molecule has 120 valence electrons. The maximum absolute atomic E-state index is 12.4. The molecule has 1 heterocycles. The largest absolute Gasteiger partial charge is 0.362 e. The molecule has 3 rings (SSSR count). The molecule has 0 spiro atoms. The van der Waals surface area contributed by atoms with Crippen LogP contribution in [0.15, 0.2) is 36.4 Å². The van der Waals surface area contributed by atoms with Crippen LogP contribution in [0.1, 0.15) is 17.5 Å². The number of nitrogens with zero attached hydrogens (tertiary/aromatic N) is 1. The predicted molar refractivity (Wildman–Crippen MR) is 96.8 cm³/mol. The molecule has 1 aliphatic rings. The summed E-state index contributed by atoms with van der Waals surface area (Å²) >= 11 is 12.0. The van der Waals surface area contributed by atoms with Crippen LogP contribution in [-0.2, 0) is 11.2 Å². The molecule has 0 aromatic heterocycles. The molecule has 0 fully saturated rings. The molecule has 0 saturated carbocycles. The van der Waals surface area contributed by atoms with E-state index in [0.717, 1.165) is 25.1 Å². The molecule has 23 heavy (non-hydrogen) atoms. The van der Waals surface area contributed by atoms with E-state index in [-0.39, 0.29) is 5.91 Å². The Morgan fingerprint density at radius 3 is 2.87 bits per heavy atom. The van der Waals surface area contributed by atoms with Gasteiger partial charge in [-0.1, -0.05) is 40.9 Å². The highest BCUT2D eigenvalue weighted by molar-refractivity contribution is 6.35. The molecule has 3 nitrogen and oxygen atoms in total. The highest BCUT2D eigenvalue weighted by atomic mass is 35.5. The average Bonchev–Trinajstić information content (AvgIpc) is 2.51. The number of hydrogen-bond acceptors (Lipinski definition) is 2. The van der Waals surface area contributed by atoms with Crippen LogP contribution in [0.5, 0.6) is 0 Å². The molecule has 0 unspecified atom stereocenters. The van der Waals surface area contributed by atoms with Gasteiger partial charge in [-0.25, -0.2) is 0 Å². The first-order valence-corrected chi connectivity index (χ1v) is 8.38. The van der Waals surface area contributed by atoms with Crippen molar-refractivity contribution in [1.29, 1.82) is 0 Å². The monoisotopic (exact) mass is 348 g/mol. The molecule has 2 aromatic carbocycles. The lowest BCUT2D eigenvalue weighted by Crippen LogP contribution is -2.36. The van der Waals surface area contributed by atoms with Crippen molar-refractivity contribution < 1.29 is 4.79 Å². The molecule has 0 atom stereocenters. The van der Waals surface area contributed by atoms with Gasteiger partial charge in [0, 0.05) is 17.3 Å². The number of carbonyl (C=O) groups excluding carboxylic acids is 1. The van der Waals surface area contributed by atoms with Gasteiger partial charge < -0.3 is 10.2 Å². The molecule has 1 aliphatic heterocycles. The SMILES string of the molecule is Cc1ccc2c(c1)CCCN2CC(=O)Nc1cc(Cl)ccc1Cl.